The van der Waals surface area contributed by atoms with Gasteiger partial charge in [-0.2, -0.15) is 0 Å². The van der Waals surface area contributed by atoms with Crippen LogP contribution in [0.5, 0.6) is 0 Å². The van der Waals surface area contributed by atoms with E-state index < -0.39 is 0 Å². The topological polar surface area (TPSA) is 20.2 Å². The highest BCUT2D eigenvalue weighted by molar-refractivity contribution is 5.47. The normalized spacial score (nSPS) is 48.8. The third-order valence-corrected chi connectivity index (χ3v) is 4.32. The maximum absolute atomic E-state index is 9.98. The molecule has 4 bridgehead atoms. The predicted octanol–water partition coefficient (Wildman–Crippen LogP) is 1.88. The molecule has 13 heavy (non-hydrogen) atoms. The molecular formula is C12H12O. The molecular weight excluding hydrogens is 160 g/mol. The molecule has 0 radical (unpaired) electrons. The summed E-state index contributed by atoms with van der Waals surface area (Å²) in [6.07, 6.45) is 1.22. The molecule has 0 aromatic heterocycles. The number of hydrogen-bond acceptors (Lipinski definition) is 1. The first-order valence-corrected chi connectivity index (χ1v) is 5.15. The summed E-state index contributed by atoms with van der Waals surface area (Å²) < 4.78 is 0. The van der Waals surface area contributed by atoms with E-state index in [2.05, 4.69) is 24.3 Å². The van der Waals surface area contributed by atoms with Crippen LogP contribution in [0.2, 0.25) is 0 Å². The van der Waals surface area contributed by atoms with Gasteiger partial charge in [0.05, 0.1) is 6.10 Å². The zero-order chi connectivity index (χ0) is 8.58. The maximum Gasteiger partial charge on any atom is 0.0645 e. The summed E-state index contributed by atoms with van der Waals surface area (Å²) in [7, 11) is 0. The first-order chi connectivity index (χ1) is 6.38. The number of hydrogen-bond donors (Lipinski definition) is 1. The van der Waals surface area contributed by atoms with Gasteiger partial charge in [0.1, 0.15) is 0 Å². The molecule has 5 rings (SSSR count). The Labute approximate surface area is 77.4 Å². The zero-order valence-electron chi connectivity index (χ0n) is 7.35. The molecule has 0 heterocycles. The van der Waals surface area contributed by atoms with Crippen LogP contribution in [-0.4, -0.2) is 11.2 Å². The molecule has 4 aliphatic rings. The average Bonchev–Trinajstić information content (AvgIpc) is 2.83. The molecule has 2 fully saturated rings. The van der Waals surface area contributed by atoms with Crippen molar-refractivity contribution in [2.75, 3.05) is 0 Å². The summed E-state index contributed by atoms with van der Waals surface area (Å²) in [4.78, 5) is 0. The minimum absolute atomic E-state index is 0.0232. The Morgan fingerprint density at radius 1 is 1.15 bits per heavy atom. The van der Waals surface area contributed by atoms with Crippen molar-refractivity contribution in [3.63, 3.8) is 0 Å². The fourth-order valence-corrected chi connectivity index (χ4v) is 3.77. The van der Waals surface area contributed by atoms with Gasteiger partial charge in [-0.05, 0) is 35.3 Å². The van der Waals surface area contributed by atoms with Crippen molar-refractivity contribution in [2.45, 2.75) is 24.4 Å². The highest BCUT2D eigenvalue weighted by Gasteiger charge is 2.66. The fraction of sp³-hybridized carbons (Fsp3) is 0.500. The van der Waals surface area contributed by atoms with Crippen molar-refractivity contribution in [3.05, 3.63) is 35.4 Å². The molecule has 5 unspecified atom stereocenters. The van der Waals surface area contributed by atoms with Crippen LogP contribution in [0.1, 0.15) is 29.4 Å². The highest BCUT2D eigenvalue weighted by atomic mass is 16.3. The van der Waals surface area contributed by atoms with Crippen molar-refractivity contribution in [3.8, 4) is 0 Å². The van der Waals surface area contributed by atoms with E-state index in [9.17, 15) is 5.11 Å². The minimum Gasteiger partial charge on any atom is -0.392 e. The lowest BCUT2D eigenvalue weighted by molar-refractivity contribution is 0.129. The van der Waals surface area contributed by atoms with Crippen LogP contribution in [0.25, 0.3) is 0 Å². The number of aliphatic hydroxyl groups excluding tert-OH is 1. The van der Waals surface area contributed by atoms with Crippen LogP contribution in [0.4, 0.5) is 0 Å². The standard InChI is InChI=1S/C12H12O/c13-12-8-5-9-10(11(9)12)7-4-2-1-3-6(7)8/h1-4,8-13H,5H2. The van der Waals surface area contributed by atoms with E-state index in [-0.39, 0.29) is 6.10 Å². The van der Waals surface area contributed by atoms with E-state index >= 15 is 0 Å². The lowest BCUT2D eigenvalue weighted by atomic mass is 9.78. The Morgan fingerprint density at radius 2 is 1.92 bits per heavy atom. The molecule has 4 aliphatic carbocycles. The molecule has 1 N–H and O–H groups in total. The van der Waals surface area contributed by atoms with E-state index in [1.54, 1.807) is 5.56 Å². The summed E-state index contributed by atoms with van der Waals surface area (Å²) in [5.41, 5.74) is 2.98. The maximum atomic E-state index is 9.98. The molecule has 66 valence electrons. The van der Waals surface area contributed by atoms with Crippen LogP contribution < -0.4 is 0 Å². The monoisotopic (exact) mass is 172 g/mol. The molecule has 5 atom stereocenters. The van der Waals surface area contributed by atoms with E-state index in [4.69, 9.17) is 0 Å². The molecule has 1 aromatic carbocycles. The largest absolute Gasteiger partial charge is 0.392 e. The van der Waals surface area contributed by atoms with Gasteiger partial charge in [-0.15, -0.1) is 0 Å². The molecule has 0 spiro atoms. The third kappa shape index (κ3) is 0.584. The lowest BCUT2D eigenvalue weighted by Gasteiger charge is -2.29. The fourth-order valence-electron chi connectivity index (χ4n) is 3.77. The van der Waals surface area contributed by atoms with Crippen molar-refractivity contribution < 1.29 is 5.11 Å². The molecule has 2 saturated carbocycles. The predicted molar refractivity (Wildman–Crippen MR) is 49.5 cm³/mol. The second-order valence-corrected chi connectivity index (χ2v) is 4.73. The van der Waals surface area contributed by atoms with Crippen LogP contribution in [0, 0.1) is 11.8 Å². The van der Waals surface area contributed by atoms with Crippen molar-refractivity contribution >= 4 is 0 Å². The van der Waals surface area contributed by atoms with Gasteiger partial charge in [0.15, 0.2) is 0 Å². The summed E-state index contributed by atoms with van der Waals surface area (Å²) in [6, 6.07) is 8.69. The van der Waals surface area contributed by atoms with Gasteiger partial charge in [0.25, 0.3) is 0 Å². The highest BCUT2D eigenvalue weighted by Crippen LogP contribution is 2.71. The number of rotatable bonds is 0. The van der Waals surface area contributed by atoms with Crippen LogP contribution in [0.15, 0.2) is 24.3 Å². The van der Waals surface area contributed by atoms with Gasteiger partial charge in [-0.1, -0.05) is 24.3 Å². The van der Waals surface area contributed by atoms with E-state index in [0.717, 1.165) is 11.8 Å². The van der Waals surface area contributed by atoms with Crippen LogP contribution >= 0.6 is 0 Å². The van der Waals surface area contributed by atoms with Gasteiger partial charge in [0.2, 0.25) is 0 Å². The van der Waals surface area contributed by atoms with E-state index in [0.29, 0.717) is 11.8 Å². The SMILES string of the molecule is OC1C2CC3C(c4ccccc42)C13. The van der Waals surface area contributed by atoms with Crippen molar-refractivity contribution in [1.29, 1.82) is 0 Å². The van der Waals surface area contributed by atoms with E-state index in [1.807, 2.05) is 0 Å². The first-order valence-electron chi connectivity index (χ1n) is 5.15. The molecule has 1 aromatic rings. The molecule has 0 amide bonds. The Kier molecular flexibility index (Phi) is 0.929. The van der Waals surface area contributed by atoms with Gasteiger partial charge in [-0.25, -0.2) is 0 Å². The Bertz CT molecular complexity index is 384. The van der Waals surface area contributed by atoms with E-state index in [1.165, 1.54) is 12.0 Å². The second kappa shape index (κ2) is 1.83. The molecule has 0 saturated heterocycles. The summed E-state index contributed by atoms with van der Waals surface area (Å²) in [6.45, 7) is 0. The Balaban J connectivity index is 1.99. The van der Waals surface area contributed by atoms with Gasteiger partial charge >= 0.3 is 0 Å². The Morgan fingerprint density at radius 3 is 2.62 bits per heavy atom. The molecule has 0 aliphatic heterocycles. The Hall–Kier alpha value is -0.820. The average molecular weight is 172 g/mol. The van der Waals surface area contributed by atoms with Gasteiger partial charge in [-0.3, -0.25) is 0 Å². The van der Waals surface area contributed by atoms with Crippen LogP contribution in [0.3, 0.4) is 0 Å². The quantitative estimate of drug-likeness (QED) is 0.633. The third-order valence-electron chi connectivity index (χ3n) is 4.32. The first kappa shape index (κ1) is 6.61. The van der Waals surface area contributed by atoms with Gasteiger partial charge in [0, 0.05) is 5.92 Å². The van der Waals surface area contributed by atoms with Gasteiger partial charge < -0.3 is 5.11 Å². The second-order valence-electron chi connectivity index (χ2n) is 4.73. The number of benzene rings is 1. The molecule has 1 nitrogen and oxygen atoms in total. The van der Waals surface area contributed by atoms with Crippen molar-refractivity contribution in [1.82, 2.24) is 0 Å². The zero-order valence-corrected chi connectivity index (χ0v) is 7.35. The molecule has 1 heteroatoms. The smallest absolute Gasteiger partial charge is 0.0645 e. The van der Waals surface area contributed by atoms with Crippen LogP contribution in [-0.2, 0) is 0 Å². The summed E-state index contributed by atoms with van der Waals surface area (Å²) in [5.74, 6) is 2.64. The minimum atomic E-state index is -0.0232. The number of aliphatic hydroxyl groups is 1. The lowest BCUT2D eigenvalue weighted by Crippen LogP contribution is -2.24. The summed E-state index contributed by atoms with van der Waals surface area (Å²) in [5, 5.41) is 9.98. The van der Waals surface area contributed by atoms with Crippen molar-refractivity contribution in [2.24, 2.45) is 11.8 Å². The summed E-state index contributed by atoms with van der Waals surface area (Å²) >= 11 is 0.